The number of hydrogen-bond acceptors (Lipinski definition) is 3. The molecule has 0 bridgehead atoms. The van der Waals surface area contributed by atoms with Crippen molar-refractivity contribution in [2.45, 2.75) is 0 Å². The molecule has 13 heavy (non-hydrogen) atoms. The summed E-state index contributed by atoms with van der Waals surface area (Å²) in [5, 5.41) is 4.90. The van der Waals surface area contributed by atoms with Crippen LogP contribution in [0.1, 0.15) is 0 Å². The molecule has 0 aliphatic carbocycles. The zero-order valence-electron chi connectivity index (χ0n) is 6.14. The van der Waals surface area contributed by atoms with Crippen LogP contribution in [0, 0.1) is 0 Å². The molecule has 0 spiro atoms. The Labute approximate surface area is 91.9 Å². The molecule has 2 aromatic rings. The molecule has 3 nitrogen and oxygen atoms in total. The monoisotopic (exact) mass is 280 g/mol. The zero-order valence-corrected chi connectivity index (χ0v) is 9.24. The molecule has 6 heteroatoms. The highest BCUT2D eigenvalue weighted by Crippen LogP contribution is 2.38. The number of halogens is 3. The van der Waals surface area contributed by atoms with E-state index >= 15 is 0 Å². The summed E-state index contributed by atoms with van der Waals surface area (Å²) in [4.78, 5) is 0. The number of aromatic nitrogens is 1. The molecular weight excluding hydrogens is 279 g/mol. The van der Waals surface area contributed by atoms with Gasteiger partial charge in [0.25, 0.3) is 0 Å². The standard InChI is InChI=1S/C7H3BrCl2N2O/c8-2-1-3(9)5(10)4-6(2)13-12-7(4)11/h1H,(H2,11,12). The van der Waals surface area contributed by atoms with Crippen LogP contribution in [0.2, 0.25) is 10.0 Å². The number of nitrogens with two attached hydrogens (primary N) is 1. The van der Waals surface area contributed by atoms with E-state index in [-0.39, 0.29) is 5.82 Å². The van der Waals surface area contributed by atoms with Crippen molar-refractivity contribution in [1.82, 2.24) is 5.16 Å². The van der Waals surface area contributed by atoms with Gasteiger partial charge in [-0.25, -0.2) is 0 Å². The topological polar surface area (TPSA) is 52.0 Å². The van der Waals surface area contributed by atoms with E-state index in [1.807, 2.05) is 0 Å². The fourth-order valence-corrected chi connectivity index (χ4v) is 2.11. The van der Waals surface area contributed by atoms with Crippen molar-refractivity contribution in [2.24, 2.45) is 0 Å². The van der Waals surface area contributed by atoms with Crippen LogP contribution in [-0.2, 0) is 0 Å². The average molecular weight is 282 g/mol. The van der Waals surface area contributed by atoms with E-state index in [0.717, 1.165) is 0 Å². The average Bonchev–Trinajstić information content (AvgIpc) is 2.44. The van der Waals surface area contributed by atoms with Crippen molar-refractivity contribution < 1.29 is 4.52 Å². The number of rotatable bonds is 0. The van der Waals surface area contributed by atoms with E-state index in [9.17, 15) is 0 Å². The summed E-state index contributed by atoms with van der Waals surface area (Å²) in [7, 11) is 0. The Morgan fingerprint density at radius 3 is 2.85 bits per heavy atom. The predicted octanol–water partition coefficient (Wildman–Crippen LogP) is 3.48. The molecule has 0 saturated heterocycles. The predicted molar refractivity (Wildman–Crippen MR) is 56.1 cm³/mol. The molecule has 0 saturated carbocycles. The lowest BCUT2D eigenvalue weighted by atomic mass is 10.2. The first-order chi connectivity index (χ1) is 6.11. The first kappa shape index (κ1) is 9.12. The molecule has 0 aliphatic heterocycles. The Balaban J connectivity index is 3.00. The Bertz CT molecular complexity index is 483. The van der Waals surface area contributed by atoms with Gasteiger partial charge in [-0.05, 0) is 22.0 Å². The van der Waals surface area contributed by atoms with E-state index in [0.29, 0.717) is 25.5 Å². The molecule has 0 radical (unpaired) electrons. The van der Waals surface area contributed by atoms with Crippen molar-refractivity contribution in [3.63, 3.8) is 0 Å². The lowest BCUT2D eigenvalue weighted by molar-refractivity contribution is 0.459. The fraction of sp³-hybridized carbons (Fsp3) is 0. The van der Waals surface area contributed by atoms with Gasteiger partial charge < -0.3 is 10.3 Å². The summed E-state index contributed by atoms with van der Waals surface area (Å²) >= 11 is 15.0. The third kappa shape index (κ3) is 1.29. The minimum atomic E-state index is 0.239. The second kappa shape index (κ2) is 3.04. The summed E-state index contributed by atoms with van der Waals surface area (Å²) in [6.07, 6.45) is 0. The molecule has 0 fully saturated rings. The zero-order chi connectivity index (χ0) is 9.59. The summed E-state index contributed by atoms with van der Waals surface area (Å²) in [5.74, 6) is 0.239. The van der Waals surface area contributed by atoms with Crippen LogP contribution >= 0.6 is 39.1 Å². The molecule has 68 valence electrons. The van der Waals surface area contributed by atoms with Gasteiger partial charge in [-0.1, -0.05) is 28.4 Å². The van der Waals surface area contributed by atoms with Crippen molar-refractivity contribution in [3.05, 3.63) is 20.6 Å². The van der Waals surface area contributed by atoms with Gasteiger partial charge >= 0.3 is 0 Å². The SMILES string of the molecule is Nc1noc2c(Br)cc(Cl)c(Cl)c12. The smallest absolute Gasteiger partial charge is 0.184 e. The van der Waals surface area contributed by atoms with Crippen LogP contribution in [0.5, 0.6) is 0 Å². The van der Waals surface area contributed by atoms with Gasteiger partial charge in [0.1, 0.15) is 0 Å². The van der Waals surface area contributed by atoms with Crippen molar-refractivity contribution in [1.29, 1.82) is 0 Å². The van der Waals surface area contributed by atoms with Gasteiger partial charge in [0.15, 0.2) is 11.4 Å². The third-order valence-corrected chi connectivity index (χ3v) is 2.99. The molecule has 0 unspecified atom stereocenters. The van der Waals surface area contributed by atoms with Crippen LogP contribution in [0.3, 0.4) is 0 Å². The highest BCUT2D eigenvalue weighted by atomic mass is 79.9. The second-order valence-corrected chi connectivity index (χ2v) is 4.07. The van der Waals surface area contributed by atoms with E-state index in [1.54, 1.807) is 6.07 Å². The molecule has 0 aliphatic rings. The molecular formula is C7H3BrCl2N2O. The number of anilines is 1. The molecule has 0 atom stereocenters. The third-order valence-electron chi connectivity index (χ3n) is 1.62. The number of hydrogen-bond donors (Lipinski definition) is 1. The second-order valence-electron chi connectivity index (χ2n) is 2.43. The fourth-order valence-electron chi connectivity index (χ4n) is 1.04. The lowest BCUT2D eigenvalue weighted by Crippen LogP contribution is -1.84. The largest absolute Gasteiger partial charge is 0.380 e. The van der Waals surface area contributed by atoms with Gasteiger partial charge in [0, 0.05) is 0 Å². The Morgan fingerprint density at radius 1 is 1.46 bits per heavy atom. The molecule has 2 rings (SSSR count). The maximum absolute atomic E-state index is 5.91. The van der Waals surface area contributed by atoms with E-state index < -0.39 is 0 Å². The highest BCUT2D eigenvalue weighted by Gasteiger charge is 2.15. The summed E-state index contributed by atoms with van der Waals surface area (Å²) in [6.45, 7) is 0. The maximum Gasteiger partial charge on any atom is 0.184 e. The van der Waals surface area contributed by atoms with E-state index in [2.05, 4.69) is 21.1 Å². The molecule has 1 heterocycles. The van der Waals surface area contributed by atoms with Gasteiger partial charge in [0.2, 0.25) is 0 Å². The highest BCUT2D eigenvalue weighted by molar-refractivity contribution is 9.10. The molecule has 0 amide bonds. The van der Waals surface area contributed by atoms with Crippen LogP contribution in [-0.4, -0.2) is 5.16 Å². The summed E-state index contributed by atoms with van der Waals surface area (Å²) in [6, 6.07) is 1.64. The number of nitrogens with zero attached hydrogens (tertiary/aromatic N) is 1. The number of nitrogen functional groups attached to an aromatic ring is 1. The molecule has 2 N–H and O–H groups in total. The van der Waals surface area contributed by atoms with Crippen molar-refractivity contribution in [3.8, 4) is 0 Å². The van der Waals surface area contributed by atoms with E-state index in [4.69, 9.17) is 33.5 Å². The Morgan fingerprint density at radius 2 is 2.15 bits per heavy atom. The number of fused-ring (bicyclic) bond motifs is 1. The summed E-state index contributed by atoms with van der Waals surface area (Å²) in [5.41, 5.74) is 6.05. The van der Waals surface area contributed by atoms with Gasteiger partial charge in [-0.3, -0.25) is 0 Å². The lowest BCUT2D eigenvalue weighted by Gasteiger charge is -1.97. The Kier molecular flexibility index (Phi) is 2.14. The van der Waals surface area contributed by atoms with Crippen LogP contribution in [0.25, 0.3) is 11.0 Å². The molecule has 1 aromatic heterocycles. The minimum Gasteiger partial charge on any atom is -0.380 e. The number of benzene rings is 1. The van der Waals surface area contributed by atoms with Crippen molar-refractivity contribution >= 4 is 55.9 Å². The van der Waals surface area contributed by atoms with Crippen LogP contribution in [0.15, 0.2) is 15.1 Å². The van der Waals surface area contributed by atoms with Crippen LogP contribution in [0.4, 0.5) is 5.82 Å². The van der Waals surface area contributed by atoms with Gasteiger partial charge in [-0.15, -0.1) is 0 Å². The quantitative estimate of drug-likeness (QED) is 0.752. The van der Waals surface area contributed by atoms with Crippen LogP contribution < -0.4 is 5.73 Å². The first-order valence-electron chi connectivity index (χ1n) is 3.29. The van der Waals surface area contributed by atoms with Gasteiger partial charge in [0.05, 0.1) is 19.9 Å². The van der Waals surface area contributed by atoms with E-state index in [1.165, 1.54) is 0 Å². The van der Waals surface area contributed by atoms with Crippen molar-refractivity contribution in [2.75, 3.05) is 5.73 Å². The Hall–Kier alpha value is -0.450. The molecule has 1 aromatic carbocycles. The maximum atomic E-state index is 5.91. The van der Waals surface area contributed by atoms with Gasteiger partial charge in [-0.2, -0.15) is 0 Å². The first-order valence-corrected chi connectivity index (χ1v) is 4.84. The normalized spacial score (nSPS) is 11.0. The minimum absolute atomic E-state index is 0.239. The summed E-state index contributed by atoms with van der Waals surface area (Å²) < 4.78 is 5.63.